The van der Waals surface area contributed by atoms with Crippen molar-refractivity contribution in [1.82, 2.24) is 0 Å². The average molecular weight is 186 g/mol. The molecule has 1 aliphatic carbocycles. The lowest BCUT2D eigenvalue weighted by molar-refractivity contribution is -0.132. The van der Waals surface area contributed by atoms with Gasteiger partial charge in [-0.15, -0.1) is 0 Å². The summed E-state index contributed by atoms with van der Waals surface area (Å²) in [6, 6.07) is 0. The molecular formula is C7H6O4S. The van der Waals surface area contributed by atoms with Crippen LogP contribution in [0.2, 0.25) is 0 Å². The number of hydrogen-bond donors (Lipinski definition) is 1. The number of hydrogen-bond acceptors (Lipinski definition) is 3. The first-order valence-corrected chi connectivity index (χ1v) is 4.25. The number of aliphatic carboxylic acids is 1. The van der Waals surface area contributed by atoms with Crippen LogP contribution in [0.3, 0.4) is 0 Å². The Morgan fingerprint density at radius 2 is 2.08 bits per heavy atom. The van der Waals surface area contributed by atoms with Gasteiger partial charge < -0.3 is 5.11 Å². The summed E-state index contributed by atoms with van der Waals surface area (Å²) in [7, 11) is -2.24. The smallest absolute Gasteiger partial charge is 0.335 e. The van der Waals surface area contributed by atoms with Crippen molar-refractivity contribution in [2.45, 2.75) is 6.42 Å². The molecule has 0 aromatic rings. The van der Waals surface area contributed by atoms with Crippen LogP contribution in [-0.4, -0.2) is 24.4 Å². The van der Waals surface area contributed by atoms with Crippen LogP contribution in [-0.2, 0) is 15.1 Å². The molecule has 0 saturated heterocycles. The van der Waals surface area contributed by atoms with Crippen LogP contribution in [0.5, 0.6) is 0 Å². The molecule has 5 heteroatoms. The van der Waals surface area contributed by atoms with Crippen molar-refractivity contribution in [3.63, 3.8) is 0 Å². The number of allylic oxidation sites excluding steroid dienone is 2. The Kier molecular flexibility index (Phi) is 2.44. The lowest BCUT2D eigenvalue weighted by Gasteiger charge is -2.00. The SMILES string of the molecule is O=C(O)C1=CCC(=S(=O)=O)C=C1. The fraction of sp³-hybridized carbons (Fsp3) is 0.143. The molecule has 4 nitrogen and oxygen atoms in total. The minimum Gasteiger partial charge on any atom is -0.478 e. The molecule has 0 atom stereocenters. The summed E-state index contributed by atoms with van der Waals surface area (Å²) in [4.78, 5) is 10.6. The van der Waals surface area contributed by atoms with E-state index in [9.17, 15) is 13.2 Å². The summed E-state index contributed by atoms with van der Waals surface area (Å²) in [6.07, 6.45) is 4.10. The molecule has 0 aliphatic heterocycles. The largest absolute Gasteiger partial charge is 0.478 e. The van der Waals surface area contributed by atoms with Crippen LogP contribution in [0.4, 0.5) is 0 Å². The summed E-state index contributed by atoms with van der Waals surface area (Å²) in [6.45, 7) is 0. The van der Waals surface area contributed by atoms with Gasteiger partial charge in [-0.2, -0.15) is 8.42 Å². The zero-order chi connectivity index (χ0) is 9.14. The van der Waals surface area contributed by atoms with Crippen LogP contribution in [0, 0.1) is 0 Å². The average Bonchev–Trinajstić information content (AvgIpc) is 2.04. The van der Waals surface area contributed by atoms with Gasteiger partial charge in [0, 0.05) is 6.42 Å². The topological polar surface area (TPSA) is 71.4 Å². The maximum atomic E-state index is 10.4. The highest BCUT2D eigenvalue weighted by molar-refractivity contribution is 7.73. The molecular weight excluding hydrogens is 180 g/mol. The van der Waals surface area contributed by atoms with Crippen molar-refractivity contribution >= 4 is 21.1 Å². The van der Waals surface area contributed by atoms with Crippen molar-refractivity contribution in [3.8, 4) is 0 Å². The number of carboxylic acids is 1. The van der Waals surface area contributed by atoms with Crippen LogP contribution in [0.25, 0.3) is 0 Å². The Morgan fingerprint density at radius 3 is 2.42 bits per heavy atom. The lowest BCUT2D eigenvalue weighted by Crippen LogP contribution is -2.05. The normalized spacial score (nSPS) is 15.7. The fourth-order valence-corrected chi connectivity index (χ4v) is 1.21. The third-order valence-electron chi connectivity index (χ3n) is 1.43. The summed E-state index contributed by atoms with van der Waals surface area (Å²) in [5.74, 6) is -1.04. The van der Waals surface area contributed by atoms with E-state index in [1.807, 2.05) is 0 Å². The van der Waals surface area contributed by atoms with E-state index in [4.69, 9.17) is 5.11 Å². The van der Waals surface area contributed by atoms with Crippen molar-refractivity contribution in [2.75, 3.05) is 0 Å². The van der Waals surface area contributed by atoms with Gasteiger partial charge in [-0.05, 0) is 12.2 Å². The van der Waals surface area contributed by atoms with E-state index in [0.29, 0.717) is 0 Å². The van der Waals surface area contributed by atoms with E-state index in [1.54, 1.807) is 0 Å². The van der Waals surface area contributed by atoms with Gasteiger partial charge in [0.25, 0.3) is 0 Å². The van der Waals surface area contributed by atoms with E-state index in [1.165, 1.54) is 18.2 Å². The molecule has 1 rings (SSSR count). The van der Waals surface area contributed by atoms with Gasteiger partial charge >= 0.3 is 5.97 Å². The molecule has 0 unspecified atom stereocenters. The summed E-state index contributed by atoms with van der Waals surface area (Å²) in [5.41, 5.74) is 0.129. The molecule has 1 N–H and O–H groups in total. The first kappa shape index (κ1) is 8.73. The monoisotopic (exact) mass is 186 g/mol. The minimum absolute atomic E-state index is 0.129. The quantitative estimate of drug-likeness (QED) is 0.585. The standard InChI is InChI=1S/C7H6O4S/c8-7(9)5-1-3-6(4-2-5)12(10)11/h1-3H,4H2,(H,8,9). The van der Waals surface area contributed by atoms with Crippen molar-refractivity contribution in [1.29, 1.82) is 0 Å². The van der Waals surface area contributed by atoms with Crippen LogP contribution in [0.1, 0.15) is 6.42 Å². The Bertz CT molecular complexity index is 389. The molecule has 0 aromatic heterocycles. The molecule has 64 valence electrons. The van der Waals surface area contributed by atoms with Crippen LogP contribution >= 0.6 is 0 Å². The van der Waals surface area contributed by atoms with Gasteiger partial charge in [0.2, 0.25) is 10.3 Å². The Balaban J connectivity index is 2.96. The molecule has 0 bridgehead atoms. The molecule has 12 heavy (non-hydrogen) atoms. The van der Waals surface area contributed by atoms with Gasteiger partial charge in [0.05, 0.1) is 10.4 Å². The fourth-order valence-electron chi connectivity index (χ4n) is 0.812. The predicted molar refractivity (Wildman–Crippen MR) is 43.4 cm³/mol. The van der Waals surface area contributed by atoms with Crippen LogP contribution < -0.4 is 0 Å². The second kappa shape index (κ2) is 3.36. The third kappa shape index (κ3) is 1.82. The highest BCUT2D eigenvalue weighted by Crippen LogP contribution is 2.07. The summed E-state index contributed by atoms with van der Waals surface area (Å²) >= 11 is 0. The number of carbonyl (C=O) groups is 1. The highest BCUT2D eigenvalue weighted by Gasteiger charge is 2.08. The van der Waals surface area contributed by atoms with Gasteiger partial charge in [0.15, 0.2) is 0 Å². The Morgan fingerprint density at radius 1 is 1.42 bits per heavy atom. The van der Waals surface area contributed by atoms with Crippen molar-refractivity contribution < 1.29 is 18.3 Å². The summed E-state index contributed by atoms with van der Waals surface area (Å²) < 4.78 is 20.7. The second-order valence-corrected chi connectivity index (χ2v) is 3.20. The molecule has 0 aromatic carbocycles. The maximum Gasteiger partial charge on any atom is 0.335 e. The molecule has 0 spiro atoms. The third-order valence-corrected chi connectivity index (χ3v) is 2.16. The van der Waals surface area contributed by atoms with Gasteiger partial charge in [-0.25, -0.2) is 4.79 Å². The zero-order valence-electron chi connectivity index (χ0n) is 6.02. The van der Waals surface area contributed by atoms with E-state index in [2.05, 4.69) is 0 Å². The maximum absolute atomic E-state index is 10.4. The first-order valence-electron chi connectivity index (χ1n) is 3.18. The Labute approximate surface area is 70.4 Å². The van der Waals surface area contributed by atoms with Gasteiger partial charge in [-0.1, -0.05) is 6.08 Å². The van der Waals surface area contributed by atoms with Gasteiger partial charge in [-0.3, -0.25) is 0 Å². The molecule has 0 amide bonds. The predicted octanol–water partition coefficient (Wildman–Crippen LogP) is 0.00880. The molecule has 0 heterocycles. The molecule has 0 fully saturated rings. The van der Waals surface area contributed by atoms with E-state index >= 15 is 0 Å². The van der Waals surface area contributed by atoms with E-state index in [0.717, 1.165) is 0 Å². The molecule has 0 radical (unpaired) electrons. The first-order chi connectivity index (χ1) is 5.61. The second-order valence-electron chi connectivity index (χ2n) is 2.20. The van der Waals surface area contributed by atoms with Crippen molar-refractivity contribution in [3.05, 3.63) is 23.8 Å². The molecule has 1 aliphatic rings. The van der Waals surface area contributed by atoms with Crippen molar-refractivity contribution in [2.24, 2.45) is 0 Å². The summed E-state index contributed by atoms with van der Waals surface area (Å²) in [5, 5.41) is 8.48. The highest BCUT2D eigenvalue weighted by atomic mass is 32.2. The van der Waals surface area contributed by atoms with E-state index < -0.39 is 16.3 Å². The Hall–Kier alpha value is -1.36. The number of rotatable bonds is 1. The zero-order valence-corrected chi connectivity index (χ0v) is 6.84. The van der Waals surface area contributed by atoms with E-state index in [-0.39, 0.29) is 16.9 Å². The van der Waals surface area contributed by atoms with Crippen LogP contribution in [0.15, 0.2) is 23.8 Å². The minimum atomic E-state index is -2.24. The lowest BCUT2D eigenvalue weighted by atomic mass is 10.1. The number of carboxylic acid groups (broad SMARTS) is 1. The van der Waals surface area contributed by atoms with Gasteiger partial charge in [0.1, 0.15) is 0 Å². The molecule has 0 saturated carbocycles.